The first-order valence-corrected chi connectivity index (χ1v) is 10.1. The van der Waals surface area contributed by atoms with Crippen LogP contribution in [0.15, 0.2) is 53.4 Å². The molecule has 2 aromatic carbocycles. The summed E-state index contributed by atoms with van der Waals surface area (Å²) in [7, 11) is 0.109. The highest BCUT2D eigenvalue weighted by atomic mass is 32.2. The standard InChI is InChI=1S/C19H23N3O4S/c1-21(2)17-7-5-16(6-8-17)20-27(24,25)18-9-3-15(4-10-18)19(23)22-11-13-26-14-12-22/h3-10,20H,11-14H2,1-2H3. The Hall–Kier alpha value is -2.58. The van der Waals surface area contributed by atoms with Crippen LogP contribution in [-0.4, -0.2) is 59.6 Å². The molecule has 0 aliphatic carbocycles. The molecule has 1 N–H and O–H groups in total. The average molecular weight is 389 g/mol. The number of nitrogens with zero attached hydrogens (tertiary/aromatic N) is 2. The number of amides is 1. The molecule has 3 rings (SSSR count). The molecular formula is C19H23N3O4S. The van der Waals surface area contributed by atoms with Gasteiger partial charge < -0.3 is 14.5 Å². The fraction of sp³-hybridized carbons (Fsp3) is 0.316. The second kappa shape index (κ2) is 7.98. The first-order chi connectivity index (χ1) is 12.9. The van der Waals surface area contributed by atoms with Crippen molar-refractivity contribution < 1.29 is 17.9 Å². The molecule has 1 amide bonds. The van der Waals surface area contributed by atoms with Crippen molar-refractivity contribution in [2.45, 2.75) is 4.90 Å². The van der Waals surface area contributed by atoms with E-state index in [1.807, 2.05) is 31.1 Å². The fourth-order valence-corrected chi connectivity index (χ4v) is 3.83. The molecule has 1 fully saturated rings. The Kier molecular flexibility index (Phi) is 5.67. The Labute approximate surface area is 159 Å². The van der Waals surface area contributed by atoms with Gasteiger partial charge in [0.2, 0.25) is 0 Å². The van der Waals surface area contributed by atoms with Crippen LogP contribution < -0.4 is 9.62 Å². The van der Waals surface area contributed by atoms with Crippen molar-refractivity contribution in [1.29, 1.82) is 0 Å². The molecule has 144 valence electrons. The number of rotatable bonds is 5. The van der Waals surface area contributed by atoms with Gasteiger partial charge in [0.05, 0.1) is 18.1 Å². The fourth-order valence-electron chi connectivity index (χ4n) is 2.77. The number of carbonyl (C=O) groups is 1. The highest BCUT2D eigenvalue weighted by Crippen LogP contribution is 2.20. The monoisotopic (exact) mass is 389 g/mol. The summed E-state index contributed by atoms with van der Waals surface area (Å²) in [4.78, 5) is 16.2. The zero-order valence-electron chi connectivity index (χ0n) is 15.4. The summed E-state index contributed by atoms with van der Waals surface area (Å²) in [5.74, 6) is -0.116. The molecule has 8 heteroatoms. The number of hydrogen-bond donors (Lipinski definition) is 1. The summed E-state index contributed by atoms with van der Waals surface area (Å²) >= 11 is 0. The van der Waals surface area contributed by atoms with Crippen LogP contribution in [0.25, 0.3) is 0 Å². The molecule has 27 heavy (non-hydrogen) atoms. The van der Waals surface area contributed by atoms with E-state index in [-0.39, 0.29) is 10.8 Å². The highest BCUT2D eigenvalue weighted by molar-refractivity contribution is 7.92. The lowest BCUT2D eigenvalue weighted by Crippen LogP contribution is -2.40. The third-order valence-corrected chi connectivity index (χ3v) is 5.74. The van der Waals surface area contributed by atoms with Crippen molar-refractivity contribution in [3.05, 3.63) is 54.1 Å². The molecule has 1 aliphatic heterocycles. The van der Waals surface area contributed by atoms with E-state index < -0.39 is 10.0 Å². The van der Waals surface area contributed by atoms with Gasteiger partial charge in [0.25, 0.3) is 15.9 Å². The minimum absolute atomic E-state index is 0.109. The first kappa shape index (κ1) is 19.2. The smallest absolute Gasteiger partial charge is 0.261 e. The Morgan fingerprint density at radius 3 is 2.15 bits per heavy atom. The molecule has 0 unspecified atom stereocenters. The lowest BCUT2D eigenvalue weighted by Gasteiger charge is -2.26. The van der Waals surface area contributed by atoms with Gasteiger partial charge in [-0.05, 0) is 48.5 Å². The van der Waals surface area contributed by atoms with Crippen LogP contribution in [-0.2, 0) is 14.8 Å². The van der Waals surface area contributed by atoms with Gasteiger partial charge in [-0.2, -0.15) is 0 Å². The lowest BCUT2D eigenvalue weighted by atomic mass is 10.2. The van der Waals surface area contributed by atoms with Crippen molar-refractivity contribution in [2.75, 3.05) is 50.0 Å². The third kappa shape index (κ3) is 4.58. The molecule has 2 aromatic rings. The van der Waals surface area contributed by atoms with Crippen LogP contribution in [0.4, 0.5) is 11.4 Å². The van der Waals surface area contributed by atoms with Crippen molar-refractivity contribution in [1.82, 2.24) is 4.90 Å². The molecule has 0 radical (unpaired) electrons. The number of hydrogen-bond acceptors (Lipinski definition) is 5. The summed E-state index contributed by atoms with van der Waals surface area (Å²) < 4.78 is 32.9. The quantitative estimate of drug-likeness (QED) is 0.847. The summed E-state index contributed by atoms with van der Waals surface area (Å²) in [6.07, 6.45) is 0. The summed E-state index contributed by atoms with van der Waals surface area (Å²) in [6, 6.07) is 13.1. The van der Waals surface area contributed by atoms with Crippen molar-refractivity contribution in [3.8, 4) is 0 Å². The zero-order chi connectivity index (χ0) is 19.4. The van der Waals surface area contributed by atoms with Gasteiger partial charge in [-0.3, -0.25) is 9.52 Å². The van der Waals surface area contributed by atoms with Crippen LogP contribution in [0.2, 0.25) is 0 Å². The second-order valence-electron chi connectivity index (χ2n) is 6.48. The average Bonchev–Trinajstić information content (AvgIpc) is 2.68. The van der Waals surface area contributed by atoms with Gasteiger partial charge in [-0.1, -0.05) is 0 Å². The van der Waals surface area contributed by atoms with Gasteiger partial charge >= 0.3 is 0 Å². The number of morpholine rings is 1. The molecule has 0 bridgehead atoms. The van der Waals surface area contributed by atoms with Gasteiger partial charge in [-0.25, -0.2) is 8.42 Å². The maximum absolute atomic E-state index is 12.6. The van der Waals surface area contributed by atoms with E-state index in [0.29, 0.717) is 37.6 Å². The van der Waals surface area contributed by atoms with E-state index in [1.165, 1.54) is 12.1 Å². The molecule has 1 aliphatic rings. The number of sulfonamides is 1. The third-order valence-electron chi connectivity index (χ3n) is 4.35. The number of carbonyl (C=O) groups excluding carboxylic acids is 1. The maximum Gasteiger partial charge on any atom is 0.261 e. The largest absolute Gasteiger partial charge is 0.378 e. The molecular weight excluding hydrogens is 366 g/mol. The minimum Gasteiger partial charge on any atom is -0.378 e. The van der Waals surface area contributed by atoms with E-state index in [1.54, 1.807) is 29.2 Å². The van der Waals surface area contributed by atoms with Crippen LogP contribution >= 0.6 is 0 Å². The number of benzene rings is 2. The first-order valence-electron chi connectivity index (χ1n) is 8.64. The van der Waals surface area contributed by atoms with Crippen LogP contribution in [0.5, 0.6) is 0 Å². The van der Waals surface area contributed by atoms with Crippen LogP contribution in [0, 0.1) is 0 Å². The van der Waals surface area contributed by atoms with Crippen LogP contribution in [0.3, 0.4) is 0 Å². The normalized spacial score (nSPS) is 14.7. The van der Waals surface area contributed by atoms with E-state index in [4.69, 9.17) is 4.74 Å². The van der Waals surface area contributed by atoms with Crippen molar-refractivity contribution in [3.63, 3.8) is 0 Å². The molecule has 1 saturated heterocycles. The number of ether oxygens (including phenoxy) is 1. The summed E-state index contributed by atoms with van der Waals surface area (Å²) in [6.45, 7) is 2.14. The highest BCUT2D eigenvalue weighted by Gasteiger charge is 2.20. The van der Waals surface area contributed by atoms with Gasteiger partial charge in [0, 0.05) is 44.1 Å². The maximum atomic E-state index is 12.6. The topological polar surface area (TPSA) is 79.0 Å². The predicted octanol–water partition coefficient (Wildman–Crippen LogP) is 2.03. The Morgan fingerprint density at radius 2 is 1.59 bits per heavy atom. The summed E-state index contributed by atoms with van der Waals surface area (Å²) in [5, 5.41) is 0. The molecule has 0 atom stereocenters. The molecule has 1 heterocycles. The molecule has 7 nitrogen and oxygen atoms in total. The molecule has 0 saturated carbocycles. The Morgan fingerprint density at radius 1 is 1.00 bits per heavy atom. The second-order valence-corrected chi connectivity index (χ2v) is 8.16. The van der Waals surface area contributed by atoms with Gasteiger partial charge in [0.15, 0.2) is 0 Å². The predicted molar refractivity (Wildman–Crippen MR) is 105 cm³/mol. The van der Waals surface area contributed by atoms with E-state index >= 15 is 0 Å². The zero-order valence-corrected chi connectivity index (χ0v) is 16.2. The Balaban J connectivity index is 1.72. The van der Waals surface area contributed by atoms with Crippen molar-refractivity contribution in [2.24, 2.45) is 0 Å². The SMILES string of the molecule is CN(C)c1ccc(NS(=O)(=O)c2ccc(C(=O)N3CCOCC3)cc2)cc1. The number of nitrogens with one attached hydrogen (secondary N) is 1. The van der Waals surface area contributed by atoms with E-state index in [2.05, 4.69) is 4.72 Å². The lowest BCUT2D eigenvalue weighted by molar-refractivity contribution is 0.0303. The van der Waals surface area contributed by atoms with E-state index in [0.717, 1.165) is 5.69 Å². The van der Waals surface area contributed by atoms with Crippen molar-refractivity contribution >= 4 is 27.3 Å². The van der Waals surface area contributed by atoms with Gasteiger partial charge in [-0.15, -0.1) is 0 Å². The van der Waals surface area contributed by atoms with Gasteiger partial charge in [0.1, 0.15) is 0 Å². The molecule has 0 spiro atoms. The molecule has 0 aromatic heterocycles. The van der Waals surface area contributed by atoms with E-state index in [9.17, 15) is 13.2 Å². The summed E-state index contributed by atoms with van der Waals surface area (Å²) in [5.41, 5.74) is 1.92. The Bertz CT molecular complexity index is 888. The minimum atomic E-state index is -3.72. The van der Waals surface area contributed by atoms with Crippen LogP contribution in [0.1, 0.15) is 10.4 Å². The number of anilines is 2.